The fraction of sp³-hybridized carbons (Fsp3) is 0.333. The molecule has 1 aliphatic heterocycles. The first kappa shape index (κ1) is 9.13. The van der Waals surface area contributed by atoms with Crippen molar-refractivity contribution in [3.63, 3.8) is 0 Å². The van der Waals surface area contributed by atoms with Crippen molar-refractivity contribution in [2.45, 2.75) is 6.10 Å². The van der Waals surface area contributed by atoms with Crippen LogP contribution in [0.3, 0.4) is 0 Å². The van der Waals surface area contributed by atoms with Crippen molar-refractivity contribution < 1.29 is 9.47 Å². The minimum absolute atomic E-state index is 0.121. The van der Waals surface area contributed by atoms with E-state index in [1.54, 1.807) is 13.2 Å². The van der Waals surface area contributed by atoms with E-state index in [0.29, 0.717) is 15.8 Å². The van der Waals surface area contributed by atoms with Crippen LogP contribution in [0.1, 0.15) is 11.7 Å². The highest BCUT2D eigenvalue weighted by atomic mass is 35.5. The highest BCUT2D eigenvalue weighted by molar-refractivity contribution is 6.43. The van der Waals surface area contributed by atoms with Crippen molar-refractivity contribution in [1.29, 1.82) is 0 Å². The van der Waals surface area contributed by atoms with Crippen LogP contribution in [0.4, 0.5) is 0 Å². The smallest absolute Gasteiger partial charge is 0.139 e. The van der Waals surface area contributed by atoms with Gasteiger partial charge in [-0.1, -0.05) is 29.3 Å². The largest absolute Gasteiger partial charge is 0.495 e. The van der Waals surface area contributed by atoms with Gasteiger partial charge in [0.25, 0.3) is 0 Å². The van der Waals surface area contributed by atoms with Crippen molar-refractivity contribution in [2.24, 2.45) is 0 Å². The summed E-state index contributed by atoms with van der Waals surface area (Å²) >= 11 is 12.0. The number of methoxy groups -OCH3 is 1. The number of rotatable bonds is 2. The highest BCUT2D eigenvalue weighted by Gasteiger charge is 2.28. The molecule has 4 heteroatoms. The Morgan fingerprint density at radius 2 is 2.08 bits per heavy atom. The number of epoxide rings is 1. The molecular weight excluding hydrogens is 211 g/mol. The van der Waals surface area contributed by atoms with Crippen molar-refractivity contribution in [3.8, 4) is 5.75 Å². The van der Waals surface area contributed by atoms with Crippen LogP contribution >= 0.6 is 23.2 Å². The molecule has 2 nitrogen and oxygen atoms in total. The van der Waals surface area contributed by atoms with Crippen LogP contribution in [0, 0.1) is 0 Å². The van der Waals surface area contributed by atoms with Gasteiger partial charge < -0.3 is 9.47 Å². The third kappa shape index (κ3) is 1.62. The van der Waals surface area contributed by atoms with E-state index in [4.69, 9.17) is 32.7 Å². The molecule has 1 atom stereocenters. The summed E-state index contributed by atoms with van der Waals surface area (Å²) < 4.78 is 10.1. The van der Waals surface area contributed by atoms with Gasteiger partial charge in [0.2, 0.25) is 0 Å². The molecule has 0 radical (unpaired) electrons. The molecule has 1 saturated heterocycles. The monoisotopic (exact) mass is 218 g/mol. The molecule has 0 amide bonds. The summed E-state index contributed by atoms with van der Waals surface area (Å²) in [7, 11) is 1.56. The molecule has 0 spiro atoms. The van der Waals surface area contributed by atoms with Crippen LogP contribution in [-0.4, -0.2) is 13.7 Å². The van der Waals surface area contributed by atoms with Crippen LogP contribution in [-0.2, 0) is 4.74 Å². The topological polar surface area (TPSA) is 21.8 Å². The fourth-order valence-electron chi connectivity index (χ4n) is 1.18. The van der Waals surface area contributed by atoms with Gasteiger partial charge in [-0.15, -0.1) is 0 Å². The van der Waals surface area contributed by atoms with Gasteiger partial charge in [-0.05, 0) is 6.07 Å². The lowest BCUT2D eigenvalue weighted by atomic mass is 10.1. The molecule has 1 unspecified atom stereocenters. The SMILES string of the molecule is COc1ccc(C2CO2)c(Cl)c1Cl. The molecule has 0 aromatic heterocycles. The lowest BCUT2D eigenvalue weighted by Crippen LogP contribution is -1.89. The molecule has 1 heterocycles. The standard InChI is InChI=1S/C9H8Cl2O2/c1-12-6-3-2-5(7-4-13-7)8(10)9(6)11/h2-3,7H,4H2,1H3. The van der Waals surface area contributed by atoms with Crippen LogP contribution in [0.25, 0.3) is 0 Å². The molecule has 13 heavy (non-hydrogen) atoms. The summed E-state index contributed by atoms with van der Waals surface area (Å²) in [4.78, 5) is 0. The third-order valence-electron chi connectivity index (χ3n) is 1.98. The van der Waals surface area contributed by atoms with E-state index in [0.717, 1.165) is 12.2 Å². The molecule has 0 aliphatic carbocycles. The Morgan fingerprint density at radius 1 is 1.38 bits per heavy atom. The Bertz CT molecular complexity index is 335. The van der Waals surface area contributed by atoms with Gasteiger partial charge in [-0.25, -0.2) is 0 Å². The lowest BCUT2D eigenvalue weighted by molar-refractivity contribution is 0.410. The molecule has 1 fully saturated rings. The predicted octanol–water partition coefficient (Wildman–Crippen LogP) is 3.07. The summed E-state index contributed by atoms with van der Waals surface area (Å²) in [5.74, 6) is 0.594. The molecule has 1 aromatic rings. The summed E-state index contributed by atoms with van der Waals surface area (Å²) in [6.07, 6.45) is 0.121. The number of hydrogen-bond acceptors (Lipinski definition) is 2. The average molecular weight is 219 g/mol. The second-order valence-corrected chi connectivity index (χ2v) is 3.56. The third-order valence-corrected chi connectivity index (χ3v) is 2.86. The van der Waals surface area contributed by atoms with Crippen LogP contribution in [0.15, 0.2) is 12.1 Å². The van der Waals surface area contributed by atoms with Crippen LogP contribution < -0.4 is 4.74 Å². The number of halogens is 2. The molecular formula is C9H8Cl2O2. The van der Waals surface area contributed by atoms with Crippen LogP contribution in [0.5, 0.6) is 5.75 Å². The van der Waals surface area contributed by atoms with Gasteiger partial charge in [0.15, 0.2) is 0 Å². The van der Waals surface area contributed by atoms with E-state index in [9.17, 15) is 0 Å². The van der Waals surface area contributed by atoms with Gasteiger partial charge >= 0.3 is 0 Å². The molecule has 0 bridgehead atoms. The quantitative estimate of drug-likeness (QED) is 0.713. The zero-order valence-electron chi connectivity index (χ0n) is 7.01. The van der Waals surface area contributed by atoms with Gasteiger partial charge in [0, 0.05) is 5.56 Å². The predicted molar refractivity (Wildman–Crippen MR) is 51.7 cm³/mol. The maximum atomic E-state index is 6.02. The Hall–Kier alpha value is -0.440. The van der Waals surface area contributed by atoms with Crippen molar-refractivity contribution in [2.75, 3.05) is 13.7 Å². The second kappa shape index (κ2) is 3.37. The Kier molecular flexibility index (Phi) is 2.37. The first-order valence-corrected chi connectivity index (χ1v) is 4.63. The van der Waals surface area contributed by atoms with E-state index >= 15 is 0 Å². The molecule has 70 valence electrons. The zero-order valence-corrected chi connectivity index (χ0v) is 8.52. The zero-order chi connectivity index (χ0) is 9.42. The van der Waals surface area contributed by atoms with E-state index in [1.807, 2.05) is 6.07 Å². The van der Waals surface area contributed by atoms with Gasteiger partial charge in [0.05, 0.1) is 18.7 Å². The van der Waals surface area contributed by atoms with Crippen molar-refractivity contribution in [3.05, 3.63) is 27.7 Å². The molecule has 0 N–H and O–H groups in total. The molecule has 1 aromatic carbocycles. The fourth-order valence-corrected chi connectivity index (χ4v) is 1.71. The Balaban J connectivity index is 2.44. The van der Waals surface area contributed by atoms with E-state index in [1.165, 1.54) is 0 Å². The minimum atomic E-state index is 0.121. The van der Waals surface area contributed by atoms with E-state index in [-0.39, 0.29) is 6.10 Å². The maximum absolute atomic E-state index is 6.02. The summed E-state index contributed by atoms with van der Waals surface area (Å²) in [5, 5.41) is 0.987. The number of hydrogen-bond donors (Lipinski definition) is 0. The molecule has 0 saturated carbocycles. The summed E-state index contributed by atoms with van der Waals surface area (Å²) in [6.45, 7) is 0.725. The Morgan fingerprint density at radius 3 is 2.62 bits per heavy atom. The minimum Gasteiger partial charge on any atom is -0.495 e. The van der Waals surface area contributed by atoms with Crippen LogP contribution in [0.2, 0.25) is 10.0 Å². The second-order valence-electron chi connectivity index (χ2n) is 2.81. The van der Waals surface area contributed by atoms with E-state index in [2.05, 4.69) is 0 Å². The van der Waals surface area contributed by atoms with Gasteiger partial charge in [-0.2, -0.15) is 0 Å². The molecule has 1 aliphatic rings. The average Bonchev–Trinajstić information content (AvgIpc) is 2.93. The normalized spacial score (nSPS) is 20.1. The number of benzene rings is 1. The molecule has 2 rings (SSSR count). The van der Waals surface area contributed by atoms with Crippen molar-refractivity contribution in [1.82, 2.24) is 0 Å². The van der Waals surface area contributed by atoms with Gasteiger partial charge in [0.1, 0.15) is 16.9 Å². The lowest BCUT2D eigenvalue weighted by Gasteiger charge is -2.07. The summed E-state index contributed by atoms with van der Waals surface area (Å²) in [6, 6.07) is 3.68. The maximum Gasteiger partial charge on any atom is 0.139 e. The highest BCUT2D eigenvalue weighted by Crippen LogP contribution is 2.41. The van der Waals surface area contributed by atoms with Gasteiger partial charge in [-0.3, -0.25) is 0 Å². The first-order chi connectivity index (χ1) is 6.24. The number of ether oxygens (including phenoxy) is 2. The van der Waals surface area contributed by atoms with E-state index < -0.39 is 0 Å². The van der Waals surface area contributed by atoms with Crippen molar-refractivity contribution >= 4 is 23.2 Å². The first-order valence-electron chi connectivity index (χ1n) is 3.87. The Labute approximate surface area is 86.4 Å². The summed E-state index contributed by atoms with van der Waals surface area (Å²) in [5.41, 5.74) is 0.937.